The van der Waals surface area contributed by atoms with Crippen LogP contribution in [0.25, 0.3) is 0 Å². The van der Waals surface area contributed by atoms with E-state index in [1.165, 1.54) is 19.4 Å². The standard InChI is InChI=1S/C17H28N2O2/c1-18(11-15-6-7-15)12-16-13-19(8-9-21-16)17(20)10-14-4-2-3-5-14/h2,4,14-16H,3,5-13H2,1H3/t14-,16-/m0/s1. The average molecular weight is 292 g/mol. The first-order chi connectivity index (χ1) is 10.2. The average Bonchev–Trinajstić information content (AvgIpc) is 3.12. The Morgan fingerprint density at radius 3 is 2.90 bits per heavy atom. The quantitative estimate of drug-likeness (QED) is 0.701. The number of rotatable bonds is 6. The van der Waals surface area contributed by atoms with Gasteiger partial charge in [-0.2, -0.15) is 0 Å². The van der Waals surface area contributed by atoms with Gasteiger partial charge in [-0.1, -0.05) is 12.2 Å². The lowest BCUT2D eigenvalue weighted by Crippen LogP contribution is -2.49. The van der Waals surface area contributed by atoms with Gasteiger partial charge >= 0.3 is 0 Å². The van der Waals surface area contributed by atoms with Crippen LogP contribution in [0.15, 0.2) is 12.2 Å². The minimum absolute atomic E-state index is 0.186. The number of ether oxygens (including phenoxy) is 1. The Morgan fingerprint density at radius 2 is 2.19 bits per heavy atom. The van der Waals surface area contributed by atoms with Gasteiger partial charge in [-0.15, -0.1) is 0 Å². The number of hydrogen-bond donors (Lipinski definition) is 0. The molecule has 0 aromatic carbocycles. The number of hydrogen-bond acceptors (Lipinski definition) is 3. The molecule has 3 aliphatic rings. The van der Waals surface area contributed by atoms with Gasteiger partial charge in [0.05, 0.1) is 12.7 Å². The van der Waals surface area contributed by atoms with E-state index in [4.69, 9.17) is 4.74 Å². The molecule has 0 aromatic rings. The molecule has 3 rings (SSSR count). The van der Waals surface area contributed by atoms with E-state index >= 15 is 0 Å². The zero-order chi connectivity index (χ0) is 14.7. The number of amides is 1. The minimum atomic E-state index is 0.186. The Hall–Kier alpha value is -0.870. The molecular formula is C17H28N2O2. The van der Waals surface area contributed by atoms with Gasteiger partial charge in [-0.05, 0) is 44.6 Å². The molecule has 1 aliphatic heterocycles. The van der Waals surface area contributed by atoms with Crippen molar-refractivity contribution in [3.05, 3.63) is 12.2 Å². The fourth-order valence-electron chi connectivity index (χ4n) is 3.44. The first kappa shape index (κ1) is 15.0. The second kappa shape index (κ2) is 6.93. The van der Waals surface area contributed by atoms with Gasteiger partial charge in [0.2, 0.25) is 5.91 Å². The van der Waals surface area contributed by atoms with Crippen molar-refractivity contribution in [2.75, 3.05) is 39.8 Å². The predicted molar refractivity (Wildman–Crippen MR) is 83.0 cm³/mol. The molecule has 1 heterocycles. The maximum atomic E-state index is 12.4. The van der Waals surface area contributed by atoms with Gasteiger partial charge in [0.25, 0.3) is 0 Å². The highest BCUT2D eigenvalue weighted by atomic mass is 16.5. The molecule has 0 unspecified atom stereocenters. The van der Waals surface area contributed by atoms with Gasteiger partial charge in [0, 0.05) is 32.6 Å². The Morgan fingerprint density at radius 1 is 1.33 bits per heavy atom. The summed E-state index contributed by atoms with van der Waals surface area (Å²) in [6, 6.07) is 0. The number of carbonyl (C=O) groups excluding carboxylic acids is 1. The molecule has 1 amide bonds. The maximum absolute atomic E-state index is 12.4. The van der Waals surface area contributed by atoms with Crippen molar-refractivity contribution >= 4 is 5.91 Å². The normalized spacial score (nSPS) is 29.3. The van der Waals surface area contributed by atoms with E-state index in [9.17, 15) is 4.79 Å². The molecule has 0 radical (unpaired) electrons. The SMILES string of the molecule is CN(CC1CC1)C[C@H]1CN(C(=O)C[C@H]2C=CCC2)CCO1. The van der Waals surface area contributed by atoms with E-state index in [0.717, 1.165) is 38.4 Å². The first-order valence-electron chi connectivity index (χ1n) is 8.45. The highest BCUT2D eigenvalue weighted by Crippen LogP contribution is 2.29. The molecule has 1 saturated carbocycles. The van der Waals surface area contributed by atoms with Crippen LogP contribution in [0, 0.1) is 11.8 Å². The summed E-state index contributed by atoms with van der Waals surface area (Å²) >= 11 is 0. The summed E-state index contributed by atoms with van der Waals surface area (Å²) in [7, 11) is 2.17. The highest BCUT2D eigenvalue weighted by molar-refractivity contribution is 5.76. The molecule has 2 fully saturated rings. The number of nitrogens with zero attached hydrogens (tertiary/aromatic N) is 2. The van der Waals surface area contributed by atoms with E-state index in [1.807, 2.05) is 4.90 Å². The lowest BCUT2D eigenvalue weighted by Gasteiger charge is -2.35. The second-order valence-corrected chi connectivity index (χ2v) is 6.97. The van der Waals surface area contributed by atoms with Crippen molar-refractivity contribution in [2.45, 2.75) is 38.2 Å². The van der Waals surface area contributed by atoms with Crippen LogP contribution >= 0.6 is 0 Å². The zero-order valence-corrected chi connectivity index (χ0v) is 13.2. The predicted octanol–water partition coefficient (Wildman–Crippen LogP) is 1.91. The number of carbonyl (C=O) groups is 1. The van der Waals surface area contributed by atoms with Gasteiger partial charge in [-0.25, -0.2) is 0 Å². The molecular weight excluding hydrogens is 264 g/mol. The maximum Gasteiger partial charge on any atom is 0.223 e. The van der Waals surface area contributed by atoms with Crippen LogP contribution in [0.2, 0.25) is 0 Å². The number of likely N-dealkylation sites (N-methyl/N-ethyl adjacent to an activating group) is 1. The largest absolute Gasteiger partial charge is 0.373 e. The van der Waals surface area contributed by atoms with Crippen molar-refractivity contribution in [1.29, 1.82) is 0 Å². The third-order valence-corrected chi connectivity index (χ3v) is 4.82. The van der Waals surface area contributed by atoms with E-state index in [-0.39, 0.29) is 6.10 Å². The molecule has 1 saturated heterocycles. The molecule has 0 aromatic heterocycles. The van der Waals surface area contributed by atoms with Crippen LogP contribution in [0.1, 0.15) is 32.1 Å². The molecule has 21 heavy (non-hydrogen) atoms. The monoisotopic (exact) mass is 292 g/mol. The van der Waals surface area contributed by atoms with Crippen molar-refractivity contribution in [2.24, 2.45) is 11.8 Å². The number of allylic oxidation sites excluding steroid dienone is 2. The smallest absolute Gasteiger partial charge is 0.223 e. The Balaban J connectivity index is 1.43. The molecule has 4 heteroatoms. The Kier molecular flexibility index (Phi) is 4.96. The molecule has 4 nitrogen and oxygen atoms in total. The lowest BCUT2D eigenvalue weighted by molar-refractivity contribution is -0.140. The van der Waals surface area contributed by atoms with Crippen molar-refractivity contribution in [1.82, 2.24) is 9.80 Å². The molecule has 118 valence electrons. The van der Waals surface area contributed by atoms with Crippen molar-refractivity contribution in [3.8, 4) is 0 Å². The highest BCUT2D eigenvalue weighted by Gasteiger charge is 2.28. The zero-order valence-electron chi connectivity index (χ0n) is 13.2. The third-order valence-electron chi connectivity index (χ3n) is 4.82. The van der Waals surface area contributed by atoms with Gasteiger partial charge < -0.3 is 14.5 Å². The molecule has 2 aliphatic carbocycles. The van der Waals surface area contributed by atoms with Gasteiger partial charge in [0.15, 0.2) is 0 Å². The van der Waals surface area contributed by atoms with Crippen LogP contribution in [-0.2, 0) is 9.53 Å². The Labute approximate surface area is 128 Å². The van der Waals surface area contributed by atoms with E-state index in [1.54, 1.807) is 0 Å². The molecule has 0 N–H and O–H groups in total. The molecule has 2 atom stereocenters. The summed E-state index contributed by atoms with van der Waals surface area (Å²) in [5, 5.41) is 0. The molecule has 0 spiro atoms. The number of morpholine rings is 1. The van der Waals surface area contributed by atoms with Gasteiger partial charge in [0.1, 0.15) is 0 Å². The van der Waals surface area contributed by atoms with Gasteiger partial charge in [-0.3, -0.25) is 4.79 Å². The van der Waals surface area contributed by atoms with Crippen LogP contribution in [0.5, 0.6) is 0 Å². The fourth-order valence-corrected chi connectivity index (χ4v) is 3.44. The lowest BCUT2D eigenvalue weighted by atomic mass is 10.0. The fraction of sp³-hybridized carbons (Fsp3) is 0.824. The Bertz CT molecular complexity index is 392. The topological polar surface area (TPSA) is 32.8 Å². The van der Waals surface area contributed by atoms with Crippen molar-refractivity contribution in [3.63, 3.8) is 0 Å². The summed E-state index contributed by atoms with van der Waals surface area (Å²) in [6.45, 7) is 4.35. The summed E-state index contributed by atoms with van der Waals surface area (Å²) in [4.78, 5) is 16.8. The van der Waals surface area contributed by atoms with Crippen LogP contribution in [-0.4, -0.2) is 61.6 Å². The second-order valence-electron chi connectivity index (χ2n) is 6.97. The summed E-state index contributed by atoms with van der Waals surface area (Å²) in [5.74, 6) is 1.69. The van der Waals surface area contributed by atoms with Crippen LogP contribution in [0.4, 0.5) is 0 Å². The van der Waals surface area contributed by atoms with E-state index in [2.05, 4.69) is 24.1 Å². The van der Waals surface area contributed by atoms with Crippen LogP contribution in [0.3, 0.4) is 0 Å². The minimum Gasteiger partial charge on any atom is -0.373 e. The van der Waals surface area contributed by atoms with Crippen molar-refractivity contribution < 1.29 is 9.53 Å². The first-order valence-corrected chi connectivity index (χ1v) is 8.45. The summed E-state index contributed by atoms with van der Waals surface area (Å²) in [6.07, 6.45) is 10.3. The van der Waals surface area contributed by atoms with E-state index in [0.29, 0.717) is 24.9 Å². The summed E-state index contributed by atoms with van der Waals surface area (Å²) in [5.41, 5.74) is 0. The third kappa shape index (κ3) is 4.55. The summed E-state index contributed by atoms with van der Waals surface area (Å²) < 4.78 is 5.85. The van der Waals surface area contributed by atoms with E-state index < -0.39 is 0 Å². The molecule has 0 bridgehead atoms. The van der Waals surface area contributed by atoms with Crippen LogP contribution < -0.4 is 0 Å².